The number of hydrogen-bond acceptors (Lipinski definition) is 3. The van der Waals surface area contributed by atoms with E-state index in [0.717, 1.165) is 32.4 Å². The van der Waals surface area contributed by atoms with E-state index >= 15 is 0 Å². The van der Waals surface area contributed by atoms with E-state index in [-0.39, 0.29) is 5.97 Å². The van der Waals surface area contributed by atoms with E-state index in [4.69, 9.17) is 4.84 Å². The predicted octanol–water partition coefficient (Wildman–Crippen LogP) is 5.57. The summed E-state index contributed by atoms with van der Waals surface area (Å²) >= 11 is 0. The number of hydrogen-bond donors (Lipinski definition) is 0. The van der Waals surface area contributed by atoms with Gasteiger partial charge in [0.15, 0.2) is 0 Å². The van der Waals surface area contributed by atoms with Gasteiger partial charge in [-0.1, -0.05) is 63.3 Å². The van der Waals surface area contributed by atoms with Crippen molar-refractivity contribution in [2.45, 2.75) is 84.0 Å². The normalized spacial score (nSPS) is 14.8. The van der Waals surface area contributed by atoms with Crippen molar-refractivity contribution in [1.82, 2.24) is 5.06 Å². The van der Waals surface area contributed by atoms with Crippen molar-refractivity contribution in [2.24, 2.45) is 0 Å². The quantitative estimate of drug-likeness (QED) is 0.224. The minimum atomic E-state index is -0.0619. The third kappa shape index (κ3) is 14.2. The van der Waals surface area contributed by atoms with E-state index in [1.165, 1.54) is 51.4 Å². The Balaban J connectivity index is 1.76. The summed E-state index contributed by atoms with van der Waals surface area (Å²) in [6, 6.07) is 0. The second kappa shape index (κ2) is 14.5. The molecule has 0 saturated carbocycles. The van der Waals surface area contributed by atoms with Crippen molar-refractivity contribution in [2.75, 3.05) is 13.1 Å². The number of carbonyl (C=O) groups is 1. The fourth-order valence-electron chi connectivity index (χ4n) is 2.40. The van der Waals surface area contributed by atoms with Crippen LogP contribution < -0.4 is 0 Å². The van der Waals surface area contributed by atoms with Crippen LogP contribution in [0.3, 0.4) is 0 Å². The maximum absolute atomic E-state index is 11.3. The Morgan fingerprint density at radius 1 is 0.870 bits per heavy atom. The molecular formula is C20H35NO2. The number of nitrogens with zero attached hydrogens (tertiary/aromatic N) is 1. The molecule has 0 aromatic carbocycles. The van der Waals surface area contributed by atoms with Crippen LogP contribution in [0.2, 0.25) is 0 Å². The highest BCUT2D eigenvalue weighted by Crippen LogP contribution is 2.10. The van der Waals surface area contributed by atoms with Crippen LogP contribution in [0.15, 0.2) is 24.3 Å². The minimum Gasteiger partial charge on any atom is -0.368 e. The van der Waals surface area contributed by atoms with Crippen LogP contribution in [0.5, 0.6) is 0 Å². The van der Waals surface area contributed by atoms with Gasteiger partial charge < -0.3 is 4.84 Å². The fraction of sp³-hybridized carbons (Fsp3) is 0.750. The summed E-state index contributed by atoms with van der Waals surface area (Å²) in [4.78, 5) is 16.4. The maximum Gasteiger partial charge on any atom is 0.325 e. The molecule has 0 aromatic rings. The van der Waals surface area contributed by atoms with Gasteiger partial charge in [-0.05, 0) is 38.5 Å². The van der Waals surface area contributed by atoms with E-state index in [1.54, 1.807) is 5.06 Å². The molecule has 0 N–H and O–H groups in total. The summed E-state index contributed by atoms with van der Waals surface area (Å²) in [5.74, 6) is -0.0619. The monoisotopic (exact) mass is 321 g/mol. The van der Waals surface area contributed by atoms with Crippen molar-refractivity contribution < 1.29 is 9.63 Å². The third-order valence-corrected chi connectivity index (χ3v) is 3.97. The Kier molecular flexibility index (Phi) is 12.6. The molecule has 132 valence electrons. The Morgan fingerprint density at radius 3 is 2.13 bits per heavy atom. The van der Waals surface area contributed by atoms with Gasteiger partial charge in [0.2, 0.25) is 0 Å². The van der Waals surface area contributed by atoms with Crippen LogP contribution in [0.1, 0.15) is 84.0 Å². The lowest BCUT2D eigenvalue weighted by Gasteiger charge is -2.02. The van der Waals surface area contributed by atoms with E-state index in [2.05, 4.69) is 31.2 Å². The topological polar surface area (TPSA) is 29.3 Å². The molecule has 23 heavy (non-hydrogen) atoms. The Morgan fingerprint density at radius 2 is 1.48 bits per heavy atom. The summed E-state index contributed by atoms with van der Waals surface area (Å²) in [6.45, 7) is 4.07. The number of hydroxylamine groups is 2. The minimum absolute atomic E-state index is 0.0619. The van der Waals surface area contributed by atoms with Crippen molar-refractivity contribution in [1.29, 1.82) is 0 Å². The summed E-state index contributed by atoms with van der Waals surface area (Å²) in [5.41, 5.74) is 0. The molecule has 1 aliphatic rings. The SMILES string of the molecule is CCCCC/C=C\C/C=C\CCCCCCCC(=O)ON1CC1. The second-order valence-electron chi connectivity index (χ2n) is 6.37. The average Bonchev–Trinajstić information content (AvgIpc) is 3.35. The lowest BCUT2D eigenvalue weighted by Crippen LogP contribution is -2.08. The standard InChI is InChI=1S/C20H35NO2/c1-2-3-4-5-6-7-8-9-10-11-12-13-14-15-16-17-20(22)23-21-18-19-21/h6-7,9-10H,2-5,8,11-19H2,1H3/b7-6-,10-9-. The summed E-state index contributed by atoms with van der Waals surface area (Å²) in [5, 5.41) is 1.70. The highest BCUT2D eigenvalue weighted by Gasteiger charge is 2.21. The van der Waals surface area contributed by atoms with Gasteiger partial charge in [0.25, 0.3) is 0 Å². The summed E-state index contributed by atoms with van der Waals surface area (Å²) < 4.78 is 0. The van der Waals surface area contributed by atoms with E-state index in [0.29, 0.717) is 6.42 Å². The molecule has 0 amide bonds. The molecule has 0 spiro atoms. The van der Waals surface area contributed by atoms with Gasteiger partial charge >= 0.3 is 5.97 Å². The van der Waals surface area contributed by atoms with E-state index in [9.17, 15) is 4.79 Å². The van der Waals surface area contributed by atoms with E-state index < -0.39 is 0 Å². The molecular weight excluding hydrogens is 286 g/mol. The smallest absolute Gasteiger partial charge is 0.325 e. The molecule has 0 aromatic heterocycles. The Bertz CT molecular complexity index is 346. The molecule has 0 radical (unpaired) electrons. The van der Waals surface area contributed by atoms with Crippen LogP contribution >= 0.6 is 0 Å². The van der Waals surface area contributed by atoms with E-state index in [1.807, 2.05) is 0 Å². The lowest BCUT2D eigenvalue weighted by molar-refractivity contribution is -0.166. The molecule has 0 aliphatic carbocycles. The molecule has 3 nitrogen and oxygen atoms in total. The molecule has 3 heteroatoms. The van der Waals surface area contributed by atoms with Gasteiger partial charge in [0.05, 0.1) is 13.1 Å². The van der Waals surface area contributed by atoms with Crippen LogP contribution in [0.4, 0.5) is 0 Å². The molecule has 0 bridgehead atoms. The number of carbonyl (C=O) groups excluding carboxylic acids is 1. The Labute approximate surface area is 142 Å². The molecule has 1 saturated heterocycles. The van der Waals surface area contributed by atoms with Gasteiger partial charge in [-0.15, -0.1) is 5.06 Å². The molecule has 1 rings (SSSR count). The molecule has 0 atom stereocenters. The predicted molar refractivity (Wildman–Crippen MR) is 97.0 cm³/mol. The van der Waals surface area contributed by atoms with Gasteiger partial charge in [0, 0.05) is 6.42 Å². The first-order valence-corrected chi connectivity index (χ1v) is 9.58. The van der Waals surface area contributed by atoms with Gasteiger partial charge in [-0.25, -0.2) is 0 Å². The lowest BCUT2D eigenvalue weighted by atomic mass is 10.1. The fourth-order valence-corrected chi connectivity index (χ4v) is 2.40. The molecule has 0 unspecified atom stereocenters. The van der Waals surface area contributed by atoms with Crippen LogP contribution in [0, 0.1) is 0 Å². The van der Waals surface area contributed by atoms with Crippen molar-refractivity contribution >= 4 is 5.97 Å². The van der Waals surface area contributed by atoms with Gasteiger partial charge in [0.1, 0.15) is 0 Å². The molecule has 1 heterocycles. The van der Waals surface area contributed by atoms with Crippen LogP contribution in [-0.4, -0.2) is 24.1 Å². The zero-order valence-corrected chi connectivity index (χ0v) is 15.0. The Hall–Kier alpha value is -1.09. The van der Waals surface area contributed by atoms with Crippen molar-refractivity contribution in [3.8, 4) is 0 Å². The first-order chi connectivity index (χ1) is 11.3. The largest absolute Gasteiger partial charge is 0.368 e. The average molecular weight is 322 g/mol. The zero-order valence-electron chi connectivity index (χ0n) is 15.0. The van der Waals surface area contributed by atoms with Crippen LogP contribution in [0.25, 0.3) is 0 Å². The highest BCUT2D eigenvalue weighted by atomic mass is 16.7. The molecule has 1 fully saturated rings. The number of rotatable bonds is 15. The first kappa shape index (κ1) is 20.0. The zero-order chi connectivity index (χ0) is 16.6. The highest BCUT2D eigenvalue weighted by molar-refractivity contribution is 5.69. The van der Waals surface area contributed by atoms with Crippen molar-refractivity contribution in [3.05, 3.63) is 24.3 Å². The van der Waals surface area contributed by atoms with Crippen molar-refractivity contribution in [3.63, 3.8) is 0 Å². The second-order valence-corrected chi connectivity index (χ2v) is 6.37. The summed E-state index contributed by atoms with van der Waals surface area (Å²) in [7, 11) is 0. The number of unbranched alkanes of at least 4 members (excludes halogenated alkanes) is 8. The van der Waals surface area contributed by atoms with Gasteiger partial charge in [-0.3, -0.25) is 4.79 Å². The maximum atomic E-state index is 11.3. The van der Waals surface area contributed by atoms with Gasteiger partial charge in [-0.2, -0.15) is 0 Å². The molecule has 1 aliphatic heterocycles. The first-order valence-electron chi connectivity index (χ1n) is 9.58. The third-order valence-electron chi connectivity index (χ3n) is 3.97. The van der Waals surface area contributed by atoms with Crippen LogP contribution in [-0.2, 0) is 9.63 Å². The summed E-state index contributed by atoms with van der Waals surface area (Å²) in [6.07, 6.45) is 23.1. The number of allylic oxidation sites excluding steroid dienone is 4.